The Bertz CT molecular complexity index is 1140. The zero-order valence-corrected chi connectivity index (χ0v) is 16.3. The predicted molar refractivity (Wildman–Crippen MR) is 109 cm³/mol. The number of carboxylic acid groups (broad SMARTS) is 1. The van der Waals surface area contributed by atoms with Gasteiger partial charge >= 0.3 is 11.7 Å². The molecule has 30 heavy (non-hydrogen) atoms. The van der Waals surface area contributed by atoms with Crippen LogP contribution in [0.5, 0.6) is 5.75 Å². The summed E-state index contributed by atoms with van der Waals surface area (Å²) in [7, 11) is 0. The van der Waals surface area contributed by atoms with Gasteiger partial charge in [-0.1, -0.05) is 24.3 Å². The zero-order chi connectivity index (χ0) is 21.8. The summed E-state index contributed by atoms with van der Waals surface area (Å²) in [6.07, 6.45) is 0.354. The van der Waals surface area contributed by atoms with E-state index < -0.39 is 35.0 Å². The van der Waals surface area contributed by atoms with Gasteiger partial charge in [-0.05, 0) is 22.9 Å². The predicted octanol–water partition coefficient (Wildman–Crippen LogP) is 1.79. The van der Waals surface area contributed by atoms with Crippen molar-refractivity contribution < 1.29 is 29.2 Å². The number of nitrogens with zero attached hydrogens (tertiary/aromatic N) is 2. The number of rotatable bonds is 3. The van der Waals surface area contributed by atoms with Crippen molar-refractivity contribution in [1.82, 2.24) is 9.55 Å². The highest BCUT2D eigenvalue weighted by atomic mass is 32.2. The maximum absolute atomic E-state index is 13.1. The van der Waals surface area contributed by atoms with E-state index in [4.69, 9.17) is 20.7 Å². The van der Waals surface area contributed by atoms with Crippen molar-refractivity contribution in [3.63, 3.8) is 0 Å². The molecule has 0 bridgehead atoms. The monoisotopic (exact) mass is 435 g/mol. The number of hydrogen-bond donors (Lipinski definition) is 4. The van der Waals surface area contributed by atoms with Gasteiger partial charge in [0.05, 0.1) is 12.8 Å². The van der Waals surface area contributed by atoms with Gasteiger partial charge < -0.3 is 25.8 Å². The first-order valence-corrected chi connectivity index (χ1v) is 9.72. The molecule has 0 aliphatic carbocycles. The lowest BCUT2D eigenvalue weighted by Crippen LogP contribution is -2.29. The van der Waals surface area contributed by atoms with E-state index in [-0.39, 0.29) is 17.9 Å². The number of fused-ring (bicyclic) bond motifs is 1. The van der Waals surface area contributed by atoms with Crippen LogP contribution >= 0.6 is 11.8 Å². The molecule has 2 atom stereocenters. The molecule has 0 spiro atoms. The largest absolute Gasteiger partial charge is 0.507 e. The van der Waals surface area contributed by atoms with E-state index in [0.29, 0.717) is 5.75 Å². The summed E-state index contributed by atoms with van der Waals surface area (Å²) in [5.41, 5.74) is 4.04. The van der Waals surface area contributed by atoms with Crippen molar-refractivity contribution in [1.29, 1.82) is 0 Å². The maximum Gasteiger partial charge on any atom is 0.351 e. The minimum Gasteiger partial charge on any atom is -0.507 e. The lowest BCUT2D eigenvalue weighted by molar-refractivity contribution is -0.00677. The number of nitrogens with two attached hydrogens (primary N) is 1. The molecule has 158 valence electrons. The van der Waals surface area contributed by atoms with Crippen LogP contribution in [0.1, 0.15) is 16.6 Å². The van der Waals surface area contributed by atoms with Gasteiger partial charge in [-0.2, -0.15) is 4.98 Å². The molecule has 5 N–H and O–H groups in total. The van der Waals surface area contributed by atoms with Gasteiger partial charge in [0.15, 0.2) is 11.6 Å². The van der Waals surface area contributed by atoms with Crippen LogP contribution in [0.2, 0.25) is 0 Å². The Morgan fingerprint density at radius 3 is 2.60 bits per heavy atom. The molecule has 11 heteroatoms. The summed E-state index contributed by atoms with van der Waals surface area (Å²) in [5, 5.41) is 28.7. The third-order valence-electron chi connectivity index (χ3n) is 4.22. The van der Waals surface area contributed by atoms with Crippen molar-refractivity contribution in [3.05, 3.63) is 64.5 Å². The van der Waals surface area contributed by atoms with Crippen LogP contribution in [0.3, 0.4) is 0 Å². The molecule has 3 aromatic rings. The van der Waals surface area contributed by atoms with Crippen LogP contribution in [-0.2, 0) is 4.74 Å². The number of phenols is 1. The number of halogens is 1. The first-order valence-electron chi connectivity index (χ1n) is 8.67. The van der Waals surface area contributed by atoms with E-state index in [1.807, 2.05) is 18.2 Å². The number of aromatic carboxylic acids is 1. The number of anilines is 1. The minimum absolute atomic E-state index is 0.0660. The molecule has 0 unspecified atom stereocenters. The molecule has 1 aromatic heterocycles. The first kappa shape index (κ1) is 21.6. The first-order chi connectivity index (χ1) is 14.3. The van der Waals surface area contributed by atoms with E-state index in [0.717, 1.165) is 21.5 Å². The number of ether oxygens (including phenoxy) is 1. The number of thioether (sulfide) groups is 1. The minimum atomic E-state index is -1.12. The smallest absolute Gasteiger partial charge is 0.351 e. The number of aliphatic hydroxyl groups is 1. The highest BCUT2D eigenvalue weighted by molar-refractivity contribution is 8.00. The average molecular weight is 435 g/mol. The molecule has 1 fully saturated rings. The number of aromatic hydroxyl groups is 1. The number of benzene rings is 2. The Hall–Kier alpha value is -3.15. The van der Waals surface area contributed by atoms with Gasteiger partial charge in [-0.25, -0.2) is 14.0 Å². The molecule has 2 heterocycles. The average Bonchev–Trinajstić information content (AvgIpc) is 3.19. The fourth-order valence-corrected chi connectivity index (χ4v) is 3.68. The second-order valence-corrected chi connectivity index (χ2v) is 7.41. The lowest BCUT2D eigenvalue weighted by Gasteiger charge is -2.13. The number of aromatic nitrogens is 2. The van der Waals surface area contributed by atoms with Crippen LogP contribution in [0.4, 0.5) is 10.2 Å². The molecule has 9 nitrogen and oxygen atoms in total. The molecule has 1 saturated heterocycles. The molecule has 0 saturated carbocycles. The van der Waals surface area contributed by atoms with Crippen molar-refractivity contribution in [3.8, 4) is 5.75 Å². The molecule has 0 radical (unpaired) electrons. The van der Waals surface area contributed by atoms with E-state index in [2.05, 4.69) is 4.98 Å². The fourth-order valence-electron chi connectivity index (χ4n) is 2.75. The Morgan fingerprint density at radius 2 is 2.00 bits per heavy atom. The zero-order valence-electron chi connectivity index (χ0n) is 15.4. The van der Waals surface area contributed by atoms with E-state index in [9.17, 15) is 19.1 Å². The second kappa shape index (κ2) is 9.11. The van der Waals surface area contributed by atoms with Crippen LogP contribution in [0, 0.1) is 5.82 Å². The molecule has 2 aromatic carbocycles. The topological polar surface area (TPSA) is 148 Å². The number of nitrogen functional groups attached to an aromatic ring is 1. The molecule has 4 rings (SSSR count). The number of hydrogen-bond acceptors (Lipinski definition) is 8. The fraction of sp³-hybridized carbons (Fsp3) is 0.211. The summed E-state index contributed by atoms with van der Waals surface area (Å²) in [4.78, 5) is 25.5. The lowest BCUT2D eigenvalue weighted by atomic mass is 10.1. The van der Waals surface area contributed by atoms with Gasteiger partial charge in [0, 0.05) is 5.75 Å². The molecule has 1 aliphatic rings. The second-order valence-electron chi connectivity index (χ2n) is 6.22. The molecule has 1 aliphatic heterocycles. The third kappa shape index (κ3) is 4.70. The van der Waals surface area contributed by atoms with E-state index in [1.54, 1.807) is 6.07 Å². The summed E-state index contributed by atoms with van der Waals surface area (Å²) >= 11 is 1.35. The number of carboxylic acids is 1. The highest BCUT2D eigenvalue weighted by Gasteiger charge is 2.28. The summed E-state index contributed by atoms with van der Waals surface area (Å²) < 4.78 is 19.5. The SMILES string of the molecule is Nc1nc(=O)n([C@@H]2CS[C@H](CO)O2)cc1F.O=C(O)c1cc2ccccc2cc1O. The van der Waals surface area contributed by atoms with Crippen LogP contribution in [0.15, 0.2) is 47.4 Å². The Kier molecular flexibility index (Phi) is 6.55. The van der Waals surface area contributed by atoms with E-state index in [1.165, 1.54) is 23.9 Å². The summed E-state index contributed by atoms with van der Waals surface area (Å²) in [5.74, 6) is -2.05. The van der Waals surface area contributed by atoms with Gasteiger partial charge in [-0.3, -0.25) is 4.57 Å². The van der Waals surface area contributed by atoms with Gasteiger partial charge in [-0.15, -0.1) is 11.8 Å². The Labute approximate surface area is 173 Å². The normalized spacial score (nSPS) is 18.1. The molecular formula is C19H18FN3O6S. The van der Waals surface area contributed by atoms with Crippen LogP contribution < -0.4 is 11.4 Å². The Morgan fingerprint density at radius 1 is 1.33 bits per heavy atom. The van der Waals surface area contributed by atoms with Gasteiger partial charge in [0.25, 0.3) is 0 Å². The third-order valence-corrected chi connectivity index (χ3v) is 5.33. The number of carbonyl (C=O) groups is 1. The van der Waals surface area contributed by atoms with Crippen molar-refractivity contribution >= 4 is 34.3 Å². The molecule has 0 amide bonds. The highest BCUT2D eigenvalue weighted by Crippen LogP contribution is 2.30. The van der Waals surface area contributed by atoms with Crippen LogP contribution in [-0.4, -0.2) is 48.6 Å². The molecular weight excluding hydrogens is 417 g/mol. The van der Waals surface area contributed by atoms with Crippen LogP contribution in [0.25, 0.3) is 10.8 Å². The van der Waals surface area contributed by atoms with Crippen molar-refractivity contribution in [2.75, 3.05) is 18.1 Å². The maximum atomic E-state index is 13.1. The standard InChI is InChI=1S/C11H8O3.C8H10FN3O3S/c12-10-6-8-4-2-1-3-7(8)5-9(10)11(13)14;9-4-1-12(8(14)11-7(4)10)5-3-16-6(2-13)15-5/h1-6,12H,(H,13,14);1,5-6,13H,2-3H2,(H2,10,11,14)/t;5-,6+/m.0/s1. The quantitative estimate of drug-likeness (QED) is 0.483. The van der Waals surface area contributed by atoms with Gasteiger partial charge in [0.2, 0.25) is 0 Å². The van der Waals surface area contributed by atoms with Gasteiger partial charge in [0.1, 0.15) is 23.0 Å². The van der Waals surface area contributed by atoms with Crippen molar-refractivity contribution in [2.24, 2.45) is 0 Å². The van der Waals surface area contributed by atoms with Crippen molar-refractivity contribution in [2.45, 2.75) is 11.7 Å². The number of aliphatic hydroxyl groups excluding tert-OH is 1. The summed E-state index contributed by atoms with van der Waals surface area (Å²) in [6, 6.07) is 10.2. The Balaban J connectivity index is 0.000000172. The van der Waals surface area contributed by atoms with E-state index >= 15 is 0 Å². The summed E-state index contributed by atoms with van der Waals surface area (Å²) in [6.45, 7) is -0.152.